The summed E-state index contributed by atoms with van der Waals surface area (Å²) in [6.45, 7) is 1.76. The first-order valence-electron chi connectivity index (χ1n) is 7.98. The second-order valence-corrected chi connectivity index (χ2v) is 6.29. The van der Waals surface area contributed by atoms with Crippen molar-refractivity contribution in [3.05, 3.63) is 47.5 Å². The standard InChI is InChI=1S/C18H21N3O3/c1-20-11-16-10-15(20)12-21(16)18(23)8-6-14-4-2-3-13(9-14)5-7-17(22)19-24/h2-9,15-16,24H,10-12H2,1H3,(H,19,22)/t15-,16-/m0/s1. The summed E-state index contributed by atoms with van der Waals surface area (Å²) >= 11 is 0. The smallest absolute Gasteiger partial charge is 0.267 e. The van der Waals surface area contributed by atoms with E-state index in [9.17, 15) is 9.59 Å². The lowest BCUT2D eigenvalue weighted by Gasteiger charge is -2.31. The van der Waals surface area contributed by atoms with E-state index in [1.807, 2.05) is 29.2 Å². The zero-order valence-corrected chi connectivity index (χ0v) is 13.6. The fourth-order valence-corrected chi connectivity index (χ4v) is 3.37. The third-order valence-electron chi connectivity index (χ3n) is 4.66. The Morgan fingerprint density at radius 2 is 1.88 bits per heavy atom. The number of carbonyl (C=O) groups excluding carboxylic acids is 2. The molecule has 6 nitrogen and oxygen atoms in total. The fourth-order valence-electron chi connectivity index (χ4n) is 3.37. The molecule has 0 radical (unpaired) electrons. The molecule has 0 aliphatic carbocycles. The molecule has 3 rings (SSSR count). The van der Waals surface area contributed by atoms with Gasteiger partial charge in [0.25, 0.3) is 5.91 Å². The molecule has 2 atom stereocenters. The van der Waals surface area contributed by atoms with E-state index >= 15 is 0 Å². The SMILES string of the molecule is CN1C[C@@H]2C[C@H]1CN2C(=O)C=Cc1cccc(C=CC(=O)NO)c1. The van der Waals surface area contributed by atoms with Gasteiger partial charge in [-0.3, -0.25) is 19.7 Å². The average Bonchev–Trinajstić information content (AvgIpc) is 3.17. The summed E-state index contributed by atoms with van der Waals surface area (Å²) in [5, 5.41) is 8.47. The molecule has 24 heavy (non-hydrogen) atoms. The van der Waals surface area contributed by atoms with Gasteiger partial charge in [-0.15, -0.1) is 0 Å². The van der Waals surface area contributed by atoms with Gasteiger partial charge in [-0.1, -0.05) is 18.2 Å². The van der Waals surface area contributed by atoms with Crippen LogP contribution in [0.4, 0.5) is 0 Å². The molecule has 2 saturated heterocycles. The number of hydroxylamine groups is 1. The Morgan fingerprint density at radius 3 is 2.46 bits per heavy atom. The van der Waals surface area contributed by atoms with E-state index in [-0.39, 0.29) is 5.91 Å². The maximum Gasteiger partial charge on any atom is 0.267 e. The number of benzene rings is 1. The highest BCUT2D eigenvalue weighted by Gasteiger charge is 2.42. The number of hydrogen-bond acceptors (Lipinski definition) is 4. The van der Waals surface area contributed by atoms with Crippen molar-refractivity contribution in [2.75, 3.05) is 20.1 Å². The molecule has 2 amide bonds. The first-order chi connectivity index (χ1) is 11.6. The second-order valence-electron chi connectivity index (χ2n) is 6.29. The lowest BCUT2D eigenvalue weighted by Crippen LogP contribution is -2.46. The van der Waals surface area contributed by atoms with Crippen LogP contribution in [0, 0.1) is 0 Å². The number of hydrogen-bond donors (Lipinski definition) is 2. The van der Waals surface area contributed by atoms with Crippen LogP contribution in [-0.2, 0) is 9.59 Å². The number of likely N-dealkylation sites (N-methyl/N-ethyl adjacent to an activating group) is 1. The quantitative estimate of drug-likeness (QED) is 0.494. The van der Waals surface area contributed by atoms with Crippen molar-refractivity contribution in [2.24, 2.45) is 0 Å². The molecule has 2 aliphatic heterocycles. The monoisotopic (exact) mass is 327 g/mol. The van der Waals surface area contributed by atoms with Crippen LogP contribution in [0.2, 0.25) is 0 Å². The Morgan fingerprint density at radius 1 is 1.17 bits per heavy atom. The fraction of sp³-hybridized carbons (Fsp3) is 0.333. The normalized spacial score (nSPS) is 23.5. The summed E-state index contributed by atoms with van der Waals surface area (Å²) in [5.74, 6) is -0.531. The first-order valence-corrected chi connectivity index (χ1v) is 7.98. The summed E-state index contributed by atoms with van der Waals surface area (Å²) in [5.41, 5.74) is 3.24. The van der Waals surface area contributed by atoms with Crippen molar-refractivity contribution in [3.63, 3.8) is 0 Å². The van der Waals surface area contributed by atoms with E-state index in [0.717, 1.165) is 30.6 Å². The van der Waals surface area contributed by atoms with Gasteiger partial charge in [0, 0.05) is 37.3 Å². The van der Waals surface area contributed by atoms with E-state index in [4.69, 9.17) is 5.21 Å². The minimum absolute atomic E-state index is 0.0520. The number of amides is 2. The van der Waals surface area contributed by atoms with E-state index in [1.165, 1.54) is 6.08 Å². The zero-order chi connectivity index (χ0) is 17.1. The Labute approximate surface area is 141 Å². The number of piperazine rings is 1. The Balaban J connectivity index is 1.63. The van der Waals surface area contributed by atoms with Gasteiger partial charge in [-0.05, 0) is 42.8 Å². The summed E-state index contributed by atoms with van der Waals surface area (Å²) in [7, 11) is 2.11. The molecule has 2 bridgehead atoms. The predicted molar refractivity (Wildman–Crippen MR) is 91.0 cm³/mol. The average molecular weight is 327 g/mol. The van der Waals surface area contributed by atoms with Gasteiger partial charge >= 0.3 is 0 Å². The predicted octanol–water partition coefficient (Wildman–Crippen LogP) is 1.13. The van der Waals surface area contributed by atoms with Gasteiger partial charge in [0.1, 0.15) is 0 Å². The summed E-state index contributed by atoms with van der Waals surface area (Å²) in [4.78, 5) is 27.7. The molecule has 1 aromatic carbocycles. The minimum atomic E-state index is -0.583. The number of nitrogens with one attached hydrogen (secondary N) is 1. The minimum Gasteiger partial charge on any atom is -0.333 e. The van der Waals surface area contributed by atoms with E-state index < -0.39 is 5.91 Å². The van der Waals surface area contributed by atoms with Crippen molar-refractivity contribution in [1.82, 2.24) is 15.3 Å². The van der Waals surface area contributed by atoms with Gasteiger partial charge in [-0.25, -0.2) is 5.48 Å². The van der Waals surface area contributed by atoms with E-state index in [1.54, 1.807) is 23.7 Å². The van der Waals surface area contributed by atoms with Crippen LogP contribution in [0.15, 0.2) is 36.4 Å². The third-order valence-corrected chi connectivity index (χ3v) is 4.66. The highest BCUT2D eigenvalue weighted by Crippen LogP contribution is 2.29. The van der Waals surface area contributed by atoms with Gasteiger partial charge in [0.05, 0.1) is 0 Å². The molecule has 126 valence electrons. The number of likely N-dealkylation sites (tertiary alicyclic amines) is 2. The van der Waals surface area contributed by atoms with Crippen molar-refractivity contribution in [1.29, 1.82) is 0 Å². The zero-order valence-electron chi connectivity index (χ0n) is 13.6. The molecule has 0 saturated carbocycles. The number of fused-ring (bicyclic) bond motifs is 2. The maximum atomic E-state index is 12.4. The lowest BCUT2D eigenvalue weighted by atomic mass is 10.1. The van der Waals surface area contributed by atoms with Crippen molar-refractivity contribution >= 4 is 24.0 Å². The van der Waals surface area contributed by atoms with Crippen LogP contribution in [0.1, 0.15) is 17.5 Å². The van der Waals surface area contributed by atoms with Gasteiger partial charge in [0.15, 0.2) is 0 Å². The van der Waals surface area contributed by atoms with Crippen LogP contribution < -0.4 is 5.48 Å². The van der Waals surface area contributed by atoms with Crippen LogP contribution in [0.3, 0.4) is 0 Å². The number of carbonyl (C=O) groups is 2. The molecular formula is C18H21N3O3. The number of rotatable bonds is 4. The molecule has 2 heterocycles. The van der Waals surface area contributed by atoms with Gasteiger partial charge < -0.3 is 4.90 Å². The maximum absolute atomic E-state index is 12.4. The molecule has 0 spiro atoms. The summed E-state index contributed by atoms with van der Waals surface area (Å²) in [6.07, 6.45) is 7.32. The molecule has 6 heteroatoms. The van der Waals surface area contributed by atoms with Crippen LogP contribution in [0.25, 0.3) is 12.2 Å². The molecule has 2 fully saturated rings. The Kier molecular flexibility index (Phi) is 4.78. The highest BCUT2D eigenvalue weighted by molar-refractivity contribution is 5.93. The molecular weight excluding hydrogens is 306 g/mol. The van der Waals surface area contributed by atoms with Crippen LogP contribution in [-0.4, -0.2) is 59.0 Å². The summed E-state index contributed by atoms with van der Waals surface area (Å²) in [6, 6.07) is 8.30. The number of nitrogens with zero attached hydrogens (tertiary/aromatic N) is 2. The van der Waals surface area contributed by atoms with Crippen LogP contribution >= 0.6 is 0 Å². The molecule has 2 N–H and O–H groups in total. The molecule has 2 aliphatic rings. The van der Waals surface area contributed by atoms with E-state index in [0.29, 0.717) is 12.1 Å². The summed E-state index contributed by atoms with van der Waals surface area (Å²) < 4.78 is 0. The molecule has 0 unspecified atom stereocenters. The Bertz CT molecular complexity index is 697. The Hall–Kier alpha value is -2.44. The second kappa shape index (κ2) is 6.98. The van der Waals surface area contributed by atoms with Gasteiger partial charge in [-0.2, -0.15) is 0 Å². The van der Waals surface area contributed by atoms with Crippen molar-refractivity contribution in [3.8, 4) is 0 Å². The topological polar surface area (TPSA) is 72.9 Å². The van der Waals surface area contributed by atoms with Gasteiger partial charge in [0.2, 0.25) is 5.91 Å². The lowest BCUT2D eigenvalue weighted by molar-refractivity contribution is -0.128. The van der Waals surface area contributed by atoms with E-state index in [2.05, 4.69) is 11.9 Å². The third kappa shape index (κ3) is 3.55. The molecule has 0 aromatic heterocycles. The largest absolute Gasteiger partial charge is 0.333 e. The van der Waals surface area contributed by atoms with Crippen molar-refractivity contribution < 1.29 is 14.8 Å². The van der Waals surface area contributed by atoms with Crippen molar-refractivity contribution in [2.45, 2.75) is 18.5 Å². The van der Waals surface area contributed by atoms with Crippen LogP contribution in [0.5, 0.6) is 0 Å². The molecule has 1 aromatic rings. The highest BCUT2D eigenvalue weighted by atomic mass is 16.5. The first kappa shape index (κ1) is 16.4.